The highest BCUT2D eigenvalue weighted by Crippen LogP contribution is 2.47. The number of nitrogens with one attached hydrogen (secondary N) is 1. The van der Waals surface area contributed by atoms with E-state index in [-0.39, 0.29) is 18.7 Å². The van der Waals surface area contributed by atoms with E-state index in [9.17, 15) is 9.59 Å². The van der Waals surface area contributed by atoms with Crippen LogP contribution in [0.15, 0.2) is 16.5 Å². The van der Waals surface area contributed by atoms with E-state index in [1.54, 1.807) is 0 Å². The number of aliphatic carboxylic acids is 1. The number of hydrogen-bond donors (Lipinski definition) is 2. The summed E-state index contributed by atoms with van der Waals surface area (Å²) in [5, 5.41) is 11.3. The van der Waals surface area contributed by atoms with Crippen molar-refractivity contribution < 1.29 is 19.1 Å². The number of carboxylic acids is 1. The lowest BCUT2D eigenvalue weighted by Gasteiger charge is -2.11. The second-order valence-corrected chi connectivity index (χ2v) is 5.49. The van der Waals surface area contributed by atoms with Gasteiger partial charge >= 0.3 is 5.97 Å². The minimum Gasteiger partial charge on any atom is -0.480 e. The molecule has 3 atom stereocenters. The molecule has 5 heteroatoms. The third kappa shape index (κ3) is 4.12. The van der Waals surface area contributed by atoms with Gasteiger partial charge in [-0.3, -0.25) is 4.79 Å². The van der Waals surface area contributed by atoms with Gasteiger partial charge in [-0.2, -0.15) is 0 Å². The Morgan fingerprint density at radius 2 is 2.29 bits per heavy atom. The molecule has 5 nitrogen and oxygen atoms in total. The summed E-state index contributed by atoms with van der Waals surface area (Å²) in [5.74, 6) is 3.70. The third-order valence-electron chi connectivity index (χ3n) is 3.71. The third-order valence-corrected chi connectivity index (χ3v) is 3.71. The van der Waals surface area contributed by atoms with Gasteiger partial charge in [0.1, 0.15) is 17.6 Å². The lowest BCUT2D eigenvalue weighted by atomic mass is 10.2. The molecule has 1 amide bonds. The van der Waals surface area contributed by atoms with Crippen LogP contribution in [0.5, 0.6) is 0 Å². The van der Waals surface area contributed by atoms with Gasteiger partial charge < -0.3 is 14.8 Å². The number of carbonyl (C=O) groups excluding carboxylic acids is 1. The van der Waals surface area contributed by atoms with Crippen LogP contribution < -0.4 is 5.32 Å². The first-order valence-electron chi connectivity index (χ1n) is 7.05. The Hall–Kier alpha value is -2.22. The second kappa shape index (κ2) is 6.49. The number of carboxylic acid groups (broad SMARTS) is 1. The van der Waals surface area contributed by atoms with Crippen LogP contribution in [0.4, 0.5) is 0 Å². The first-order chi connectivity index (χ1) is 10.0. The maximum atomic E-state index is 11.7. The lowest BCUT2D eigenvalue weighted by Crippen LogP contribution is -2.40. The van der Waals surface area contributed by atoms with E-state index in [0.29, 0.717) is 18.3 Å². The van der Waals surface area contributed by atoms with Gasteiger partial charge in [0.25, 0.3) is 0 Å². The summed E-state index contributed by atoms with van der Waals surface area (Å²) in [7, 11) is 0. The van der Waals surface area contributed by atoms with Crippen molar-refractivity contribution in [2.75, 3.05) is 0 Å². The highest BCUT2D eigenvalue weighted by Gasteiger charge is 2.36. The highest BCUT2D eigenvalue weighted by molar-refractivity contribution is 5.83. The van der Waals surface area contributed by atoms with Crippen molar-refractivity contribution in [3.05, 3.63) is 23.7 Å². The molecular weight excluding hydrogens is 270 g/mol. The monoisotopic (exact) mass is 289 g/mol. The molecule has 0 saturated heterocycles. The molecule has 0 aromatic carbocycles. The largest absolute Gasteiger partial charge is 0.480 e. The van der Waals surface area contributed by atoms with Gasteiger partial charge in [-0.05, 0) is 24.5 Å². The zero-order chi connectivity index (χ0) is 15.4. The number of aryl methyl sites for hydroxylation is 1. The van der Waals surface area contributed by atoms with Crippen molar-refractivity contribution in [3.63, 3.8) is 0 Å². The minimum atomic E-state index is -1.12. The first kappa shape index (κ1) is 15.2. The zero-order valence-electron chi connectivity index (χ0n) is 12.0. The number of furan rings is 1. The SMILES string of the molecule is C#CCC(NC(=O)CCc1ccc(C2CC2C)o1)C(=O)O. The Kier molecular flexibility index (Phi) is 4.69. The molecule has 0 spiro atoms. The molecule has 2 rings (SSSR count). The zero-order valence-corrected chi connectivity index (χ0v) is 12.0. The van der Waals surface area contributed by atoms with E-state index in [4.69, 9.17) is 15.9 Å². The lowest BCUT2D eigenvalue weighted by molar-refractivity contribution is -0.141. The summed E-state index contributed by atoms with van der Waals surface area (Å²) in [6.45, 7) is 2.18. The molecule has 0 aliphatic heterocycles. The van der Waals surface area contributed by atoms with Gasteiger partial charge in [0.2, 0.25) is 5.91 Å². The van der Waals surface area contributed by atoms with E-state index in [1.807, 2.05) is 12.1 Å². The maximum absolute atomic E-state index is 11.7. The van der Waals surface area contributed by atoms with Crippen molar-refractivity contribution in [2.24, 2.45) is 5.92 Å². The normalized spacial score (nSPS) is 21.3. The molecule has 1 saturated carbocycles. The van der Waals surface area contributed by atoms with Gasteiger partial charge in [0, 0.05) is 25.2 Å². The van der Waals surface area contributed by atoms with E-state index in [1.165, 1.54) is 0 Å². The molecule has 1 aromatic heterocycles. The first-order valence-corrected chi connectivity index (χ1v) is 7.05. The van der Waals surface area contributed by atoms with Crippen molar-refractivity contribution in [3.8, 4) is 12.3 Å². The molecule has 3 unspecified atom stereocenters. The van der Waals surface area contributed by atoms with Gasteiger partial charge in [0.15, 0.2) is 0 Å². The molecule has 21 heavy (non-hydrogen) atoms. The predicted molar refractivity (Wildman–Crippen MR) is 76.6 cm³/mol. The molecule has 112 valence electrons. The van der Waals surface area contributed by atoms with Crippen molar-refractivity contribution >= 4 is 11.9 Å². The van der Waals surface area contributed by atoms with Gasteiger partial charge in [0.05, 0.1) is 0 Å². The Morgan fingerprint density at radius 1 is 1.57 bits per heavy atom. The van der Waals surface area contributed by atoms with Crippen molar-refractivity contribution in [2.45, 2.75) is 44.6 Å². The predicted octanol–water partition coefficient (Wildman–Crippen LogP) is 1.93. The molecule has 1 fully saturated rings. The Morgan fingerprint density at radius 3 is 2.86 bits per heavy atom. The average Bonchev–Trinajstić information content (AvgIpc) is 2.99. The summed E-state index contributed by atoms with van der Waals surface area (Å²) in [4.78, 5) is 22.6. The standard InChI is InChI=1S/C16H19NO4/c1-3-4-13(16(19)20)17-15(18)8-6-11-5-7-14(21-11)12-9-10(12)2/h1,5,7,10,12-13H,4,6,8-9H2,2H3,(H,17,18)(H,19,20). The molecular formula is C16H19NO4. The van der Waals surface area contributed by atoms with Crippen LogP contribution in [-0.4, -0.2) is 23.0 Å². The van der Waals surface area contributed by atoms with Crippen LogP contribution in [0, 0.1) is 18.3 Å². The Labute approximate surface area is 123 Å². The molecule has 0 radical (unpaired) electrons. The summed E-state index contributed by atoms with van der Waals surface area (Å²) >= 11 is 0. The Balaban J connectivity index is 1.79. The number of rotatable bonds is 7. The number of amides is 1. The minimum absolute atomic E-state index is 0.0223. The van der Waals surface area contributed by atoms with Gasteiger partial charge in [-0.15, -0.1) is 12.3 Å². The molecule has 1 aliphatic carbocycles. The van der Waals surface area contributed by atoms with Crippen LogP contribution in [0.3, 0.4) is 0 Å². The molecule has 1 aliphatic rings. The van der Waals surface area contributed by atoms with Crippen LogP contribution in [0.25, 0.3) is 0 Å². The summed E-state index contributed by atoms with van der Waals surface area (Å²) in [6, 6.07) is 2.81. The smallest absolute Gasteiger partial charge is 0.327 e. The van der Waals surface area contributed by atoms with Crippen LogP contribution in [0.2, 0.25) is 0 Å². The summed E-state index contributed by atoms with van der Waals surface area (Å²) in [6.07, 6.45) is 6.84. The van der Waals surface area contributed by atoms with Crippen molar-refractivity contribution in [1.82, 2.24) is 5.32 Å². The number of hydrogen-bond acceptors (Lipinski definition) is 3. The fourth-order valence-corrected chi connectivity index (χ4v) is 2.27. The fraction of sp³-hybridized carbons (Fsp3) is 0.500. The molecule has 0 bridgehead atoms. The van der Waals surface area contributed by atoms with Crippen LogP contribution in [0.1, 0.15) is 43.6 Å². The van der Waals surface area contributed by atoms with Crippen LogP contribution >= 0.6 is 0 Å². The fourth-order valence-electron chi connectivity index (χ4n) is 2.27. The van der Waals surface area contributed by atoms with Crippen LogP contribution in [-0.2, 0) is 16.0 Å². The van der Waals surface area contributed by atoms with Crippen molar-refractivity contribution in [1.29, 1.82) is 0 Å². The van der Waals surface area contributed by atoms with Gasteiger partial charge in [-0.25, -0.2) is 4.79 Å². The Bertz CT molecular complexity index is 569. The maximum Gasteiger partial charge on any atom is 0.327 e. The highest BCUT2D eigenvalue weighted by atomic mass is 16.4. The molecule has 1 heterocycles. The summed E-state index contributed by atoms with van der Waals surface area (Å²) in [5.41, 5.74) is 0. The number of terminal acetylenes is 1. The molecule has 1 aromatic rings. The number of carbonyl (C=O) groups is 2. The summed E-state index contributed by atoms with van der Waals surface area (Å²) < 4.78 is 5.70. The van der Waals surface area contributed by atoms with E-state index < -0.39 is 12.0 Å². The topological polar surface area (TPSA) is 79.5 Å². The average molecular weight is 289 g/mol. The molecule has 2 N–H and O–H groups in total. The van der Waals surface area contributed by atoms with E-state index in [2.05, 4.69) is 18.2 Å². The van der Waals surface area contributed by atoms with Gasteiger partial charge in [-0.1, -0.05) is 6.92 Å². The quantitative estimate of drug-likeness (QED) is 0.752. The van der Waals surface area contributed by atoms with E-state index in [0.717, 1.165) is 17.9 Å². The second-order valence-electron chi connectivity index (χ2n) is 5.49. The van der Waals surface area contributed by atoms with E-state index >= 15 is 0 Å².